The second kappa shape index (κ2) is 7.28. The van der Waals surface area contributed by atoms with Crippen molar-refractivity contribution >= 4 is 23.6 Å². The van der Waals surface area contributed by atoms with Gasteiger partial charge in [-0.2, -0.15) is 0 Å². The van der Waals surface area contributed by atoms with Crippen LogP contribution in [0.25, 0.3) is 0 Å². The second-order valence-electron chi connectivity index (χ2n) is 4.26. The molecule has 0 amide bonds. The van der Waals surface area contributed by atoms with Gasteiger partial charge in [0.15, 0.2) is 0 Å². The average molecular weight is 283 g/mol. The topological polar surface area (TPSA) is 49.8 Å². The van der Waals surface area contributed by atoms with Crippen LogP contribution in [-0.2, 0) is 0 Å². The molecule has 0 saturated heterocycles. The van der Waals surface area contributed by atoms with Gasteiger partial charge in [0, 0.05) is 19.4 Å². The van der Waals surface area contributed by atoms with E-state index in [1.807, 2.05) is 23.7 Å². The smallest absolute Gasteiger partial charge is 0.335 e. The molecule has 1 N–H and O–H groups in total. The Morgan fingerprint density at radius 1 is 1.37 bits per heavy atom. The first-order valence-electron chi connectivity index (χ1n) is 6.34. The van der Waals surface area contributed by atoms with Gasteiger partial charge in [-0.1, -0.05) is 25.8 Å². The Kier molecular flexibility index (Phi) is 6.02. The van der Waals surface area contributed by atoms with Crippen LogP contribution in [0.1, 0.15) is 37.0 Å². The number of hydrogen-bond donors (Lipinski definition) is 1. The molecule has 4 nitrogen and oxygen atoms in total. The number of ether oxygens (including phenoxy) is 1. The van der Waals surface area contributed by atoms with Gasteiger partial charge in [0.2, 0.25) is 0 Å². The Bertz CT molecular complexity index is 433. The highest BCUT2D eigenvalue weighted by Gasteiger charge is 2.12. The molecule has 0 bridgehead atoms. The summed E-state index contributed by atoms with van der Waals surface area (Å²) in [5.74, 6) is -0.324. The van der Waals surface area contributed by atoms with E-state index in [2.05, 4.69) is 13.8 Å². The number of benzene rings is 1. The largest absolute Gasteiger partial charge is 0.490 e. The Morgan fingerprint density at radius 2 is 2.00 bits per heavy atom. The van der Waals surface area contributed by atoms with E-state index in [4.69, 9.17) is 9.84 Å². The number of anilines is 1. The summed E-state index contributed by atoms with van der Waals surface area (Å²) >= 11 is 1.52. The summed E-state index contributed by atoms with van der Waals surface area (Å²) in [6.45, 7) is 4.12. The first kappa shape index (κ1) is 15.7. The molecule has 0 aliphatic rings. The molecule has 0 unspecified atom stereocenters. The molecular formula is C14H21NO3S. The molecule has 1 aromatic rings. The van der Waals surface area contributed by atoms with Crippen LogP contribution in [0.15, 0.2) is 18.2 Å². The lowest BCUT2D eigenvalue weighted by Gasteiger charge is -2.20. The second-order valence-corrected chi connectivity index (χ2v) is 5.17. The SMILES string of the molecule is CCC(CC)Oc1cc(C(=O)O)cc(N(C)SC)c1. The van der Waals surface area contributed by atoms with Crippen molar-refractivity contribution < 1.29 is 14.6 Å². The van der Waals surface area contributed by atoms with Crippen LogP contribution in [-0.4, -0.2) is 30.5 Å². The van der Waals surface area contributed by atoms with Crippen molar-refractivity contribution in [1.29, 1.82) is 0 Å². The number of carboxylic acids is 1. The monoisotopic (exact) mass is 283 g/mol. The van der Waals surface area contributed by atoms with Gasteiger partial charge in [-0.05, 0) is 25.0 Å². The Balaban J connectivity index is 3.09. The summed E-state index contributed by atoms with van der Waals surface area (Å²) in [7, 11) is 1.90. The van der Waals surface area contributed by atoms with Gasteiger partial charge in [0.25, 0.3) is 0 Å². The van der Waals surface area contributed by atoms with Gasteiger partial charge in [0.05, 0.1) is 17.4 Å². The number of hydrogen-bond acceptors (Lipinski definition) is 4. The van der Waals surface area contributed by atoms with Crippen molar-refractivity contribution in [3.05, 3.63) is 23.8 Å². The van der Waals surface area contributed by atoms with Crippen molar-refractivity contribution in [3.8, 4) is 5.75 Å². The molecular weight excluding hydrogens is 262 g/mol. The standard InChI is InChI=1S/C14H21NO3S/c1-5-12(6-2)18-13-8-10(14(16)17)7-11(9-13)15(3)19-4/h7-9,12H,5-6H2,1-4H3,(H,16,17). The van der Waals surface area contributed by atoms with E-state index in [-0.39, 0.29) is 11.7 Å². The molecule has 1 aromatic carbocycles. The molecule has 0 aliphatic heterocycles. The summed E-state index contributed by atoms with van der Waals surface area (Å²) in [6, 6.07) is 5.11. The van der Waals surface area contributed by atoms with Crippen molar-refractivity contribution in [1.82, 2.24) is 0 Å². The highest BCUT2D eigenvalue weighted by molar-refractivity contribution is 7.99. The van der Waals surface area contributed by atoms with Crippen molar-refractivity contribution in [2.24, 2.45) is 0 Å². The zero-order valence-corrected chi connectivity index (χ0v) is 12.7. The van der Waals surface area contributed by atoms with E-state index in [1.54, 1.807) is 12.1 Å². The fraction of sp³-hybridized carbons (Fsp3) is 0.500. The third-order valence-corrected chi connectivity index (χ3v) is 3.75. The summed E-state index contributed by atoms with van der Waals surface area (Å²) in [5.41, 5.74) is 1.08. The van der Waals surface area contributed by atoms with Gasteiger partial charge in [-0.15, -0.1) is 0 Å². The van der Waals surface area contributed by atoms with Crippen LogP contribution in [0, 0.1) is 0 Å². The number of nitrogens with zero attached hydrogens (tertiary/aromatic N) is 1. The van der Waals surface area contributed by atoms with E-state index in [0.29, 0.717) is 5.75 Å². The lowest BCUT2D eigenvalue weighted by atomic mass is 10.1. The predicted molar refractivity (Wildman–Crippen MR) is 80.3 cm³/mol. The van der Waals surface area contributed by atoms with Gasteiger partial charge in [-0.3, -0.25) is 0 Å². The molecule has 0 aromatic heterocycles. The van der Waals surface area contributed by atoms with E-state index >= 15 is 0 Å². The minimum Gasteiger partial charge on any atom is -0.490 e. The summed E-state index contributed by atoms with van der Waals surface area (Å²) in [6.07, 6.45) is 3.87. The van der Waals surface area contributed by atoms with Crippen molar-refractivity contribution in [3.63, 3.8) is 0 Å². The normalized spacial score (nSPS) is 10.6. The zero-order chi connectivity index (χ0) is 14.4. The van der Waals surface area contributed by atoms with Crippen LogP contribution in [0.4, 0.5) is 5.69 Å². The molecule has 106 valence electrons. The number of aromatic carboxylic acids is 1. The Labute approximate surface area is 118 Å². The fourth-order valence-corrected chi connectivity index (χ4v) is 2.03. The summed E-state index contributed by atoms with van der Waals surface area (Å²) in [5, 5.41) is 9.16. The van der Waals surface area contributed by atoms with E-state index in [1.165, 1.54) is 11.9 Å². The van der Waals surface area contributed by atoms with Crippen LogP contribution >= 0.6 is 11.9 Å². The van der Waals surface area contributed by atoms with Crippen molar-refractivity contribution in [2.45, 2.75) is 32.8 Å². The third kappa shape index (κ3) is 4.35. The van der Waals surface area contributed by atoms with Crippen LogP contribution in [0.5, 0.6) is 5.75 Å². The zero-order valence-electron chi connectivity index (χ0n) is 11.8. The molecule has 0 aliphatic carbocycles. The third-order valence-electron chi connectivity index (χ3n) is 2.99. The molecule has 0 radical (unpaired) electrons. The summed E-state index contributed by atoms with van der Waals surface area (Å²) in [4.78, 5) is 11.2. The lowest BCUT2D eigenvalue weighted by molar-refractivity contribution is 0.0696. The lowest BCUT2D eigenvalue weighted by Crippen LogP contribution is -2.15. The first-order valence-corrected chi connectivity index (χ1v) is 7.52. The molecule has 0 fully saturated rings. The highest BCUT2D eigenvalue weighted by Crippen LogP contribution is 2.27. The number of rotatable bonds is 7. The molecule has 0 saturated carbocycles. The van der Waals surface area contributed by atoms with Gasteiger partial charge < -0.3 is 14.1 Å². The maximum atomic E-state index is 11.2. The van der Waals surface area contributed by atoms with Crippen molar-refractivity contribution in [2.75, 3.05) is 17.6 Å². The molecule has 19 heavy (non-hydrogen) atoms. The van der Waals surface area contributed by atoms with E-state index in [9.17, 15) is 4.79 Å². The highest BCUT2D eigenvalue weighted by atomic mass is 32.2. The molecule has 0 spiro atoms. The van der Waals surface area contributed by atoms with Gasteiger partial charge >= 0.3 is 5.97 Å². The van der Waals surface area contributed by atoms with Crippen LogP contribution in [0.3, 0.4) is 0 Å². The van der Waals surface area contributed by atoms with Crippen LogP contribution in [0.2, 0.25) is 0 Å². The number of carbonyl (C=O) groups is 1. The molecule has 1 rings (SSSR count). The van der Waals surface area contributed by atoms with Crippen LogP contribution < -0.4 is 9.04 Å². The number of carboxylic acid groups (broad SMARTS) is 1. The maximum Gasteiger partial charge on any atom is 0.335 e. The van der Waals surface area contributed by atoms with E-state index < -0.39 is 5.97 Å². The maximum absolute atomic E-state index is 11.2. The molecule has 0 atom stereocenters. The quantitative estimate of drug-likeness (QED) is 0.774. The van der Waals surface area contributed by atoms with E-state index in [0.717, 1.165) is 18.5 Å². The van der Waals surface area contributed by atoms with Gasteiger partial charge in [0.1, 0.15) is 5.75 Å². The minimum absolute atomic E-state index is 0.122. The molecule has 5 heteroatoms. The Morgan fingerprint density at radius 3 is 2.47 bits per heavy atom. The fourth-order valence-electron chi connectivity index (χ4n) is 1.71. The Hall–Kier alpha value is -1.36. The first-order chi connectivity index (χ1) is 9.01. The average Bonchev–Trinajstić information content (AvgIpc) is 2.43. The van der Waals surface area contributed by atoms with Gasteiger partial charge in [-0.25, -0.2) is 4.79 Å². The minimum atomic E-state index is -0.939. The molecule has 0 heterocycles. The summed E-state index contributed by atoms with van der Waals surface area (Å²) < 4.78 is 7.75. The predicted octanol–water partition coefficient (Wildman–Crippen LogP) is 3.67.